The number of fused-ring (bicyclic) bond motifs is 2. The van der Waals surface area contributed by atoms with E-state index in [2.05, 4.69) is 5.32 Å². The summed E-state index contributed by atoms with van der Waals surface area (Å²) in [5, 5.41) is 2.75. The van der Waals surface area contributed by atoms with Gasteiger partial charge in [-0.3, -0.25) is 14.4 Å². The van der Waals surface area contributed by atoms with Crippen molar-refractivity contribution in [2.24, 2.45) is 0 Å². The Morgan fingerprint density at radius 3 is 2.21 bits per heavy atom. The number of ether oxygens (including phenoxy) is 1. The number of hydrogen-bond donors (Lipinski definition) is 2. The molecule has 1 aliphatic rings. The highest BCUT2D eigenvalue weighted by molar-refractivity contribution is 6.38. The number of benzene rings is 3. The largest absolute Gasteiger partial charge is 0.496 e. The maximum Gasteiger partial charge on any atom is 0.259 e. The van der Waals surface area contributed by atoms with Gasteiger partial charge in [0.15, 0.2) is 11.6 Å². The Balaban J connectivity index is 1.86. The Kier molecular flexibility index (Phi) is 4.56. The van der Waals surface area contributed by atoms with Crippen LogP contribution < -0.4 is 15.8 Å². The number of carbonyl (C=O) groups excluding carboxylic acids is 3. The summed E-state index contributed by atoms with van der Waals surface area (Å²) in [6, 6.07) is 14.5. The topological polar surface area (TPSA) is 98.5 Å². The summed E-state index contributed by atoms with van der Waals surface area (Å²) in [6.45, 7) is 0. The van der Waals surface area contributed by atoms with Crippen molar-refractivity contribution in [2.75, 3.05) is 18.2 Å². The van der Waals surface area contributed by atoms with Crippen molar-refractivity contribution in [1.82, 2.24) is 0 Å². The molecular formula is C22H15ClN2O4. The van der Waals surface area contributed by atoms with E-state index >= 15 is 0 Å². The molecule has 0 heterocycles. The predicted octanol–water partition coefficient (Wildman–Crippen LogP) is 3.96. The van der Waals surface area contributed by atoms with Crippen LogP contribution in [0.1, 0.15) is 42.2 Å². The zero-order chi connectivity index (χ0) is 20.7. The smallest absolute Gasteiger partial charge is 0.259 e. The molecule has 7 heteroatoms. The first kappa shape index (κ1) is 18.7. The van der Waals surface area contributed by atoms with Gasteiger partial charge in [0, 0.05) is 11.1 Å². The standard InChI is InChI=1S/C22H15ClN2O4/c1-29-16-9-5-4-8-13(16)22(28)25-15-10-14(23)19(24)18-17(15)20(26)11-6-2-3-7-12(11)21(18)27/h2-10H,24H2,1H3,(H,25,28). The van der Waals surface area contributed by atoms with Crippen LogP contribution in [-0.2, 0) is 0 Å². The number of ketones is 2. The third-order valence-electron chi connectivity index (χ3n) is 4.79. The Hall–Kier alpha value is -3.64. The van der Waals surface area contributed by atoms with E-state index in [1.807, 2.05) is 0 Å². The minimum Gasteiger partial charge on any atom is -0.496 e. The fraction of sp³-hybridized carbons (Fsp3) is 0.0455. The molecule has 29 heavy (non-hydrogen) atoms. The molecule has 3 aromatic rings. The van der Waals surface area contributed by atoms with Crippen LogP contribution in [0, 0.1) is 0 Å². The quantitative estimate of drug-likeness (QED) is 0.502. The minimum atomic E-state index is -0.510. The second-order valence-corrected chi connectivity index (χ2v) is 6.84. The number of nitrogens with one attached hydrogen (secondary N) is 1. The summed E-state index contributed by atoms with van der Waals surface area (Å²) in [4.78, 5) is 39.0. The van der Waals surface area contributed by atoms with Crippen molar-refractivity contribution in [1.29, 1.82) is 0 Å². The zero-order valence-electron chi connectivity index (χ0n) is 15.3. The molecule has 0 fully saturated rings. The summed E-state index contributed by atoms with van der Waals surface area (Å²) < 4.78 is 5.22. The number of carbonyl (C=O) groups is 3. The molecule has 0 atom stereocenters. The number of amides is 1. The van der Waals surface area contributed by atoms with E-state index in [0.717, 1.165) is 0 Å². The molecule has 0 saturated heterocycles. The van der Waals surface area contributed by atoms with E-state index in [4.69, 9.17) is 22.1 Å². The molecule has 0 aromatic heterocycles. The lowest BCUT2D eigenvalue weighted by Gasteiger charge is -2.22. The van der Waals surface area contributed by atoms with Crippen molar-refractivity contribution >= 4 is 40.4 Å². The summed E-state index contributed by atoms with van der Waals surface area (Å²) in [5.74, 6) is -0.963. The monoisotopic (exact) mass is 406 g/mol. The van der Waals surface area contributed by atoms with Gasteiger partial charge in [0.05, 0.1) is 40.2 Å². The lowest BCUT2D eigenvalue weighted by atomic mass is 9.82. The Morgan fingerprint density at radius 1 is 0.966 bits per heavy atom. The second-order valence-electron chi connectivity index (χ2n) is 6.43. The molecule has 0 spiro atoms. The van der Waals surface area contributed by atoms with Crippen LogP contribution in [0.25, 0.3) is 0 Å². The number of rotatable bonds is 3. The number of anilines is 2. The van der Waals surface area contributed by atoms with Gasteiger partial charge in [0.25, 0.3) is 5.91 Å². The summed E-state index contributed by atoms with van der Waals surface area (Å²) in [6.07, 6.45) is 0. The van der Waals surface area contributed by atoms with E-state index < -0.39 is 17.5 Å². The molecule has 0 aliphatic heterocycles. The lowest BCUT2D eigenvalue weighted by molar-refractivity contribution is 0.0979. The molecule has 3 N–H and O–H groups in total. The molecule has 0 radical (unpaired) electrons. The van der Waals surface area contributed by atoms with Crippen molar-refractivity contribution in [3.63, 3.8) is 0 Å². The van der Waals surface area contributed by atoms with E-state index in [1.165, 1.54) is 13.2 Å². The van der Waals surface area contributed by atoms with E-state index in [0.29, 0.717) is 5.75 Å². The minimum absolute atomic E-state index is 0.00322. The highest BCUT2D eigenvalue weighted by atomic mass is 35.5. The molecule has 0 bridgehead atoms. The first-order chi connectivity index (χ1) is 13.9. The zero-order valence-corrected chi connectivity index (χ0v) is 16.0. The van der Waals surface area contributed by atoms with Gasteiger partial charge in [-0.15, -0.1) is 0 Å². The van der Waals surface area contributed by atoms with Crippen LogP contribution in [0.4, 0.5) is 11.4 Å². The summed E-state index contributed by atoms with van der Waals surface area (Å²) in [7, 11) is 1.45. The molecule has 3 aromatic carbocycles. The number of methoxy groups -OCH3 is 1. The number of nitrogen functional groups attached to an aromatic ring is 1. The van der Waals surface area contributed by atoms with Crippen LogP contribution in [0.2, 0.25) is 5.02 Å². The molecule has 144 valence electrons. The molecule has 6 nitrogen and oxygen atoms in total. The average molecular weight is 407 g/mol. The highest BCUT2D eigenvalue weighted by Crippen LogP contribution is 2.39. The Bertz CT molecular complexity index is 1200. The SMILES string of the molecule is COc1ccccc1C(=O)Nc1cc(Cl)c(N)c2c1C(=O)c1ccccc1C2=O. The molecule has 0 saturated carbocycles. The third kappa shape index (κ3) is 2.94. The van der Waals surface area contributed by atoms with Gasteiger partial charge in [0.1, 0.15) is 5.75 Å². The van der Waals surface area contributed by atoms with Gasteiger partial charge in [-0.05, 0) is 18.2 Å². The molecule has 1 aliphatic carbocycles. The van der Waals surface area contributed by atoms with Crippen LogP contribution in [0.3, 0.4) is 0 Å². The van der Waals surface area contributed by atoms with E-state index in [9.17, 15) is 14.4 Å². The van der Waals surface area contributed by atoms with Gasteiger partial charge in [-0.2, -0.15) is 0 Å². The van der Waals surface area contributed by atoms with Gasteiger partial charge in [-0.1, -0.05) is 48.0 Å². The number of nitrogens with two attached hydrogens (primary N) is 1. The van der Waals surface area contributed by atoms with E-state index in [-0.39, 0.29) is 44.2 Å². The highest BCUT2D eigenvalue weighted by Gasteiger charge is 2.35. The fourth-order valence-corrected chi connectivity index (χ4v) is 3.61. The van der Waals surface area contributed by atoms with Crippen LogP contribution in [0.5, 0.6) is 5.75 Å². The first-order valence-electron chi connectivity index (χ1n) is 8.68. The number of halogens is 1. The van der Waals surface area contributed by atoms with Crippen LogP contribution >= 0.6 is 11.6 Å². The summed E-state index contributed by atoms with van der Waals surface area (Å²) in [5.41, 5.74) is 6.94. The average Bonchev–Trinajstić information content (AvgIpc) is 2.74. The van der Waals surface area contributed by atoms with Gasteiger partial charge in [-0.25, -0.2) is 0 Å². The molecule has 1 amide bonds. The lowest BCUT2D eigenvalue weighted by Crippen LogP contribution is -2.25. The maximum atomic E-state index is 13.2. The Morgan fingerprint density at radius 2 is 1.55 bits per heavy atom. The number of hydrogen-bond acceptors (Lipinski definition) is 5. The number of para-hydroxylation sites is 1. The van der Waals surface area contributed by atoms with Crippen LogP contribution in [-0.4, -0.2) is 24.6 Å². The van der Waals surface area contributed by atoms with Crippen molar-refractivity contribution in [3.05, 3.63) is 87.4 Å². The second kappa shape index (κ2) is 7.07. The van der Waals surface area contributed by atoms with Gasteiger partial charge >= 0.3 is 0 Å². The Labute approximate surface area is 171 Å². The molecule has 4 rings (SSSR count). The van der Waals surface area contributed by atoms with Crippen molar-refractivity contribution in [2.45, 2.75) is 0 Å². The third-order valence-corrected chi connectivity index (χ3v) is 5.10. The van der Waals surface area contributed by atoms with Crippen molar-refractivity contribution in [3.8, 4) is 5.75 Å². The first-order valence-corrected chi connectivity index (χ1v) is 9.06. The van der Waals surface area contributed by atoms with Crippen molar-refractivity contribution < 1.29 is 19.1 Å². The van der Waals surface area contributed by atoms with Crippen LogP contribution in [0.15, 0.2) is 54.6 Å². The van der Waals surface area contributed by atoms with Gasteiger partial charge < -0.3 is 15.8 Å². The van der Waals surface area contributed by atoms with Gasteiger partial charge in [0.2, 0.25) is 0 Å². The molecular weight excluding hydrogens is 392 g/mol. The predicted molar refractivity (Wildman–Crippen MR) is 110 cm³/mol. The maximum absolute atomic E-state index is 13.2. The summed E-state index contributed by atoms with van der Waals surface area (Å²) >= 11 is 6.21. The molecule has 0 unspecified atom stereocenters. The van der Waals surface area contributed by atoms with E-state index in [1.54, 1.807) is 48.5 Å². The fourth-order valence-electron chi connectivity index (χ4n) is 3.41. The normalized spacial score (nSPS) is 12.2.